The van der Waals surface area contributed by atoms with Crippen molar-refractivity contribution in [1.29, 1.82) is 0 Å². The lowest BCUT2D eigenvalue weighted by atomic mass is 9.84. The van der Waals surface area contributed by atoms with Crippen molar-refractivity contribution in [2.45, 2.75) is 51.0 Å². The van der Waals surface area contributed by atoms with Crippen molar-refractivity contribution in [3.63, 3.8) is 0 Å². The molecule has 0 saturated heterocycles. The fourth-order valence-electron chi connectivity index (χ4n) is 2.76. The summed E-state index contributed by atoms with van der Waals surface area (Å²) in [5, 5.41) is 0. The molecule has 1 aliphatic carbocycles. The second kappa shape index (κ2) is 6.05. The van der Waals surface area contributed by atoms with Crippen molar-refractivity contribution in [2.24, 2.45) is 11.7 Å². The van der Waals surface area contributed by atoms with Crippen molar-refractivity contribution >= 4 is 0 Å². The van der Waals surface area contributed by atoms with Gasteiger partial charge < -0.3 is 5.73 Å². The Bertz CT molecular complexity index is 288. The fourth-order valence-corrected chi connectivity index (χ4v) is 2.76. The predicted octanol–water partition coefficient (Wildman–Crippen LogP) is 4.05. The van der Waals surface area contributed by atoms with Gasteiger partial charge in [-0.2, -0.15) is 0 Å². The molecular weight excluding hydrogens is 194 g/mol. The van der Waals surface area contributed by atoms with Crippen LogP contribution in [0.3, 0.4) is 0 Å². The summed E-state index contributed by atoms with van der Waals surface area (Å²) in [6, 6.07) is 10.7. The van der Waals surface area contributed by atoms with E-state index in [0.29, 0.717) is 0 Å². The number of nitrogens with two attached hydrogens (primary N) is 1. The average molecular weight is 217 g/mol. The largest absolute Gasteiger partial charge is 0.324 e. The van der Waals surface area contributed by atoms with Crippen LogP contribution in [0.1, 0.15) is 56.6 Å². The zero-order valence-electron chi connectivity index (χ0n) is 10.1. The highest BCUT2D eigenvalue weighted by atomic mass is 14.6. The third-order valence-electron chi connectivity index (χ3n) is 3.84. The van der Waals surface area contributed by atoms with E-state index in [1.165, 1.54) is 44.1 Å². The molecule has 1 saturated carbocycles. The van der Waals surface area contributed by atoms with Crippen LogP contribution in [0.2, 0.25) is 0 Å². The Balaban J connectivity index is 1.77. The Kier molecular flexibility index (Phi) is 4.41. The van der Waals surface area contributed by atoms with Gasteiger partial charge in [-0.15, -0.1) is 0 Å². The maximum Gasteiger partial charge on any atom is 0.0294 e. The maximum absolute atomic E-state index is 6.21. The van der Waals surface area contributed by atoms with Crippen LogP contribution in [-0.2, 0) is 0 Å². The quantitative estimate of drug-likeness (QED) is 0.809. The first-order valence-corrected chi connectivity index (χ1v) is 6.67. The van der Waals surface area contributed by atoms with Gasteiger partial charge in [0, 0.05) is 6.04 Å². The Morgan fingerprint density at radius 3 is 2.44 bits per heavy atom. The van der Waals surface area contributed by atoms with E-state index in [4.69, 9.17) is 5.73 Å². The van der Waals surface area contributed by atoms with Gasteiger partial charge in [0.05, 0.1) is 0 Å². The molecule has 2 rings (SSSR count). The standard InChI is InChI=1S/C15H23N/c16-15(14-9-5-2-6-10-14)12-11-13-7-3-1-4-8-13/h2,5-6,9-10,13,15H,1,3-4,7-8,11-12,16H2. The highest BCUT2D eigenvalue weighted by Gasteiger charge is 2.15. The van der Waals surface area contributed by atoms with E-state index in [-0.39, 0.29) is 6.04 Å². The molecule has 1 nitrogen and oxygen atoms in total. The van der Waals surface area contributed by atoms with Crippen LogP contribution in [-0.4, -0.2) is 0 Å². The van der Waals surface area contributed by atoms with Gasteiger partial charge in [0.25, 0.3) is 0 Å². The van der Waals surface area contributed by atoms with Crippen LogP contribution in [0, 0.1) is 5.92 Å². The summed E-state index contributed by atoms with van der Waals surface area (Å²) in [6.45, 7) is 0. The van der Waals surface area contributed by atoms with Crippen LogP contribution >= 0.6 is 0 Å². The van der Waals surface area contributed by atoms with Crippen LogP contribution in [0.5, 0.6) is 0 Å². The van der Waals surface area contributed by atoms with Crippen molar-refractivity contribution in [1.82, 2.24) is 0 Å². The van der Waals surface area contributed by atoms with Gasteiger partial charge >= 0.3 is 0 Å². The van der Waals surface area contributed by atoms with Crippen LogP contribution in [0.4, 0.5) is 0 Å². The Hall–Kier alpha value is -0.820. The molecule has 0 radical (unpaired) electrons. The topological polar surface area (TPSA) is 26.0 Å². The first kappa shape index (κ1) is 11.7. The lowest BCUT2D eigenvalue weighted by molar-refractivity contribution is 0.324. The highest BCUT2D eigenvalue weighted by molar-refractivity contribution is 5.18. The maximum atomic E-state index is 6.21. The highest BCUT2D eigenvalue weighted by Crippen LogP contribution is 2.29. The monoisotopic (exact) mass is 217 g/mol. The molecule has 0 amide bonds. The molecule has 16 heavy (non-hydrogen) atoms. The predicted molar refractivity (Wildman–Crippen MR) is 69.2 cm³/mol. The molecule has 1 unspecified atom stereocenters. The Labute approximate surface area is 99.0 Å². The lowest BCUT2D eigenvalue weighted by Crippen LogP contribution is -2.13. The van der Waals surface area contributed by atoms with Gasteiger partial charge in [0.1, 0.15) is 0 Å². The molecule has 0 spiro atoms. The van der Waals surface area contributed by atoms with Crippen molar-refractivity contribution < 1.29 is 0 Å². The fraction of sp³-hybridized carbons (Fsp3) is 0.600. The molecule has 1 aliphatic rings. The minimum atomic E-state index is 0.239. The molecule has 1 heteroatoms. The summed E-state index contributed by atoms with van der Waals surface area (Å²) >= 11 is 0. The third kappa shape index (κ3) is 3.34. The van der Waals surface area contributed by atoms with Crippen molar-refractivity contribution in [2.75, 3.05) is 0 Å². The minimum Gasteiger partial charge on any atom is -0.324 e. The average Bonchev–Trinajstić information content (AvgIpc) is 2.38. The van der Waals surface area contributed by atoms with E-state index < -0.39 is 0 Å². The SMILES string of the molecule is NC(CCC1CCCCC1)c1ccccc1. The van der Waals surface area contributed by atoms with E-state index in [0.717, 1.165) is 12.3 Å². The summed E-state index contributed by atoms with van der Waals surface area (Å²) in [5.74, 6) is 0.948. The molecule has 0 aliphatic heterocycles. The van der Waals surface area contributed by atoms with Gasteiger partial charge in [0.2, 0.25) is 0 Å². The zero-order chi connectivity index (χ0) is 11.2. The number of hydrogen-bond donors (Lipinski definition) is 1. The number of rotatable bonds is 4. The molecular formula is C15H23N. The summed E-state index contributed by atoms with van der Waals surface area (Å²) < 4.78 is 0. The second-order valence-corrected chi connectivity index (χ2v) is 5.10. The van der Waals surface area contributed by atoms with E-state index >= 15 is 0 Å². The van der Waals surface area contributed by atoms with Crippen LogP contribution in [0.15, 0.2) is 30.3 Å². The number of benzene rings is 1. The molecule has 1 aromatic carbocycles. The summed E-state index contributed by atoms with van der Waals surface area (Å²) in [4.78, 5) is 0. The van der Waals surface area contributed by atoms with E-state index in [1.807, 2.05) is 0 Å². The Morgan fingerprint density at radius 2 is 1.75 bits per heavy atom. The van der Waals surface area contributed by atoms with E-state index in [1.54, 1.807) is 0 Å². The van der Waals surface area contributed by atoms with Gasteiger partial charge in [0.15, 0.2) is 0 Å². The van der Waals surface area contributed by atoms with Gasteiger partial charge in [-0.05, 0) is 24.3 Å². The van der Waals surface area contributed by atoms with Crippen molar-refractivity contribution in [3.8, 4) is 0 Å². The lowest BCUT2D eigenvalue weighted by Gasteiger charge is -2.23. The van der Waals surface area contributed by atoms with Crippen LogP contribution < -0.4 is 5.73 Å². The first-order chi connectivity index (χ1) is 7.86. The number of hydrogen-bond acceptors (Lipinski definition) is 1. The van der Waals surface area contributed by atoms with E-state index in [9.17, 15) is 0 Å². The van der Waals surface area contributed by atoms with Gasteiger partial charge in [-0.25, -0.2) is 0 Å². The van der Waals surface area contributed by atoms with Gasteiger partial charge in [-0.3, -0.25) is 0 Å². The third-order valence-corrected chi connectivity index (χ3v) is 3.84. The van der Waals surface area contributed by atoms with E-state index in [2.05, 4.69) is 30.3 Å². The molecule has 1 aromatic rings. The molecule has 1 fully saturated rings. The molecule has 0 bridgehead atoms. The molecule has 0 aromatic heterocycles. The normalized spacial score (nSPS) is 19.6. The Morgan fingerprint density at radius 1 is 1.06 bits per heavy atom. The summed E-state index contributed by atoms with van der Waals surface area (Å²) in [5.41, 5.74) is 7.50. The van der Waals surface area contributed by atoms with Gasteiger partial charge in [-0.1, -0.05) is 62.4 Å². The zero-order valence-corrected chi connectivity index (χ0v) is 10.1. The molecule has 0 heterocycles. The van der Waals surface area contributed by atoms with Crippen LogP contribution in [0.25, 0.3) is 0 Å². The minimum absolute atomic E-state index is 0.239. The van der Waals surface area contributed by atoms with Crippen molar-refractivity contribution in [3.05, 3.63) is 35.9 Å². The molecule has 1 atom stereocenters. The molecule has 2 N–H and O–H groups in total. The molecule has 88 valence electrons. The first-order valence-electron chi connectivity index (χ1n) is 6.67. The second-order valence-electron chi connectivity index (χ2n) is 5.10. The smallest absolute Gasteiger partial charge is 0.0294 e. The summed E-state index contributed by atoms with van der Waals surface area (Å²) in [7, 11) is 0. The summed E-state index contributed by atoms with van der Waals surface area (Å²) in [6.07, 6.45) is 9.64.